The van der Waals surface area contributed by atoms with Gasteiger partial charge in [0.25, 0.3) is 0 Å². The largest absolute Gasteiger partial charge is 0.350 e. The van der Waals surface area contributed by atoms with E-state index in [1.54, 1.807) is 12.4 Å². The van der Waals surface area contributed by atoms with Crippen molar-refractivity contribution in [1.29, 1.82) is 0 Å². The molecule has 0 aromatic carbocycles. The van der Waals surface area contributed by atoms with Crippen molar-refractivity contribution in [2.75, 3.05) is 6.54 Å². The normalized spacial score (nSPS) is 22.5. The molecule has 1 aromatic rings. The zero-order chi connectivity index (χ0) is 17.6. The molecule has 1 saturated heterocycles. The Morgan fingerprint density at radius 3 is 2.60 bits per heavy atom. The van der Waals surface area contributed by atoms with E-state index in [2.05, 4.69) is 15.3 Å². The second-order valence-corrected chi connectivity index (χ2v) is 7.29. The number of amides is 2. The van der Waals surface area contributed by atoms with Gasteiger partial charge >= 0.3 is 0 Å². The Kier molecular flexibility index (Phi) is 6.00. The molecule has 2 fully saturated rings. The van der Waals surface area contributed by atoms with E-state index in [0.717, 1.165) is 24.2 Å². The number of piperidine rings is 1. The maximum atomic E-state index is 12.5. The first-order valence-corrected chi connectivity index (χ1v) is 9.48. The zero-order valence-corrected chi connectivity index (χ0v) is 15.0. The van der Waals surface area contributed by atoms with Crippen LogP contribution in [-0.4, -0.2) is 39.3 Å². The molecule has 0 bridgehead atoms. The van der Waals surface area contributed by atoms with Gasteiger partial charge in [-0.25, -0.2) is 0 Å². The van der Waals surface area contributed by atoms with Crippen LogP contribution in [0.4, 0.5) is 0 Å². The first kappa shape index (κ1) is 17.8. The summed E-state index contributed by atoms with van der Waals surface area (Å²) in [6.07, 6.45) is 11.6. The molecule has 2 heterocycles. The first-order valence-electron chi connectivity index (χ1n) is 9.48. The molecule has 1 atom stereocenters. The fraction of sp³-hybridized carbons (Fsp3) is 0.684. The molecule has 0 unspecified atom stereocenters. The number of nitrogens with one attached hydrogen (secondary N) is 1. The average Bonchev–Trinajstić information content (AvgIpc) is 2.91. The standard InChI is InChI=1S/C19H28N4O2/c1-14-10-21-16(11-20-14)12-22-19(25)15-8-9-18(24)23(13-15)17-6-4-2-3-5-7-17/h10-11,15,17H,2-9,12-13H2,1H3,(H,22,25)/t15-/m1/s1. The number of hydrogen-bond acceptors (Lipinski definition) is 4. The maximum Gasteiger partial charge on any atom is 0.225 e. The van der Waals surface area contributed by atoms with E-state index in [4.69, 9.17) is 0 Å². The number of aryl methyl sites for hydroxylation is 1. The van der Waals surface area contributed by atoms with Crippen LogP contribution in [0, 0.1) is 12.8 Å². The molecule has 2 aliphatic rings. The number of likely N-dealkylation sites (tertiary alicyclic amines) is 1. The average molecular weight is 344 g/mol. The summed E-state index contributed by atoms with van der Waals surface area (Å²) in [6, 6.07) is 0.327. The topological polar surface area (TPSA) is 75.2 Å². The Morgan fingerprint density at radius 1 is 1.16 bits per heavy atom. The molecule has 6 nitrogen and oxygen atoms in total. The third kappa shape index (κ3) is 4.77. The van der Waals surface area contributed by atoms with Crippen LogP contribution in [-0.2, 0) is 16.1 Å². The number of rotatable bonds is 4. The summed E-state index contributed by atoms with van der Waals surface area (Å²) >= 11 is 0. The van der Waals surface area contributed by atoms with Crippen LogP contribution >= 0.6 is 0 Å². The lowest BCUT2D eigenvalue weighted by Crippen LogP contribution is -2.49. The summed E-state index contributed by atoms with van der Waals surface area (Å²) in [5.41, 5.74) is 1.62. The van der Waals surface area contributed by atoms with Gasteiger partial charge in [0.2, 0.25) is 11.8 Å². The summed E-state index contributed by atoms with van der Waals surface area (Å²) < 4.78 is 0. The molecule has 1 aromatic heterocycles. The minimum atomic E-state index is -0.112. The van der Waals surface area contributed by atoms with Crippen LogP contribution in [0.15, 0.2) is 12.4 Å². The molecule has 25 heavy (non-hydrogen) atoms. The molecule has 1 aliphatic carbocycles. The van der Waals surface area contributed by atoms with Gasteiger partial charge in [-0.15, -0.1) is 0 Å². The summed E-state index contributed by atoms with van der Waals surface area (Å²) in [5.74, 6) is 0.133. The highest BCUT2D eigenvalue weighted by molar-refractivity contribution is 5.84. The van der Waals surface area contributed by atoms with Crippen molar-refractivity contribution >= 4 is 11.8 Å². The fourth-order valence-electron chi connectivity index (χ4n) is 3.84. The van der Waals surface area contributed by atoms with Gasteiger partial charge in [0.1, 0.15) is 0 Å². The van der Waals surface area contributed by atoms with E-state index in [-0.39, 0.29) is 17.7 Å². The van der Waals surface area contributed by atoms with Crippen molar-refractivity contribution in [3.8, 4) is 0 Å². The van der Waals surface area contributed by atoms with Crippen molar-refractivity contribution < 1.29 is 9.59 Å². The van der Waals surface area contributed by atoms with E-state index in [1.807, 2.05) is 11.8 Å². The van der Waals surface area contributed by atoms with Crippen molar-refractivity contribution in [2.24, 2.45) is 5.92 Å². The predicted molar refractivity (Wildman–Crippen MR) is 94.5 cm³/mol. The Morgan fingerprint density at radius 2 is 1.92 bits per heavy atom. The molecular formula is C19H28N4O2. The van der Waals surface area contributed by atoms with Crippen LogP contribution in [0.5, 0.6) is 0 Å². The summed E-state index contributed by atoms with van der Waals surface area (Å²) in [6.45, 7) is 2.84. The fourth-order valence-corrected chi connectivity index (χ4v) is 3.84. The maximum absolute atomic E-state index is 12.5. The zero-order valence-electron chi connectivity index (χ0n) is 15.0. The summed E-state index contributed by atoms with van der Waals surface area (Å²) in [7, 11) is 0. The molecule has 0 radical (unpaired) electrons. The van der Waals surface area contributed by atoms with Gasteiger partial charge in [0.15, 0.2) is 0 Å². The molecule has 3 rings (SSSR count). The van der Waals surface area contributed by atoms with E-state index < -0.39 is 0 Å². The van der Waals surface area contributed by atoms with Gasteiger partial charge in [-0.1, -0.05) is 25.7 Å². The van der Waals surface area contributed by atoms with Gasteiger partial charge in [0, 0.05) is 25.2 Å². The lowest BCUT2D eigenvalue weighted by atomic mass is 9.93. The summed E-state index contributed by atoms with van der Waals surface area (Å²) in [5, 5.41) is 2.96. The highest BCUT2D eigenvalue weighted by Crippen LogP contribution is 2.27. The molecule has 1 saturated carbocycles. The van der Waals surface area contributed by atoms with E-state index in [0.29, 0.717) is 32.0 Å². The van der Waals surface area contributed by atoms with Gasteiger partial charge in [-0.05, 0) is 26.2 Å². The van der Waals surface area contributed by atoms with Gasteiger partial charge in [0.05, 0.1) is 30.0 Å². The third-order valence-corrected chi connectivity index (χ3v) is 5.36. The smallest absolute Gasteiger partial charge is 0.225 e. The van der Waals surface area contributed by atoms with Crippen molar-refractivity contribution in [2.45, 2.75) is 70.9 Å². The molecule has 1 aliphatic heterocycles. The second-order valence-electron chi connectivity index (χ2n) is 7.29. The van der Waals surface area contributed by atoms with Gasteiger partial charge < -0.3 is 10.2 Å². The van der Waals surface area contributed by atoms with Crippen molar-refractivity contribution in [3.05, 3.63) is 23.8 Å². The van der Waals surface area contributed by atoms with Crippen LogP contribution in [0.25, 0.3) is 0 Å². The second kappa shape index (κ2) is 8.41. The van der Waals surface area contributed by atoms with Crippen molar-refractivity contribution in [1.82, 2.24) is 20.2 Å². The monoisotopic (exact) mass is 344 g/mol. The first-order chi connectivity index (χ1) is 12.1. The molecule has 136 valence electrons. The highest BCUT2D eigenvalue weighted by atomic mass is 16.2. The Bertz CT molecular complexity index is 594. The van der Waals surface area contributed by atoms with E-state index in [9.17, 15) is 9.59 Å². The Labute approximate surface area is 149 Å². The minimum absolute atomic E-state index is 0.0218. The third-order valence-electron chi connectivity index (χ3n) is 5.36. The molecule has 6 heteroatoms. The molecule has 0 spiro atoms. The van der Waals surface area contributed by atoms with Gasteiger partial charge in [-0.2, -0.15) is 0 Å². The minimum Gasteiger partial charge on any atom is -0.350 e. The number of aromatic nitrogens is 2. The number of carbonyl (C=O) groups excluding carboxylic acids is 2. The molecule has 2 amide bonds. The quantitative estimate of drug-likeness (QED) is 0.851. The Hall–Kier alpha value is -1.98. The number of carbonyl (C=O) groups is 2. The Balaban J connectivity index is 1.55. The van der Waals surface area contributed by atoms with Crippen LogP contribution in [0.1, 0.15) is 62.8 Å². The van der Waals surface area contributed by atoms with Crippen LogP contribution in [0.2, 0.25) is 0 Å². The lowest BCUT2D eigenvalue weighted by Gasteiger charge is -2.37. The highest BCUT2D eigenvalue weighted by Gasteiger charge is 2.34. The summed E-state index contributed by atoms with van der Waals surface area (Å²) in [4.78, 5) is 35.4. The predicted octanol–water partition coefficient (Wildman–Crippen LogP) is 2.36. The lowest BCUT2D eigenvalue weighted by molar-refractivity contribution is -0.141. The molecule has 1 N–H and O–H groups in total. The number of hydrogen-bond donors (Lipinski definition) is 1. The number of nitrogens with zero attached hydrogens (tertiary/aromatic N) is 3. The molecular weight excluding hydrogens is 316 g/mol. The van der Waals surface area contributed by atoms with Gasteiger partial charge in [-0.3, -0.25) is 19.6 Å². The SMILES string of the molecule is Cc1cnc(CNC(=O)[C@@H]2CCC(=O)N(C3CCCCCC3)C2)cn1. The van der Waals surface area contributed by atoms with E-state index >= 15 is 0 Å². The van der Waals surface area contributed by atoms with Crippen molar-refractivity contribution in [3.63, 3.8) is 0 Å². The van der Waals surface area contributed by atoms with E-state index in [1.165, 1.54) is 25.7 Å². The van der Waals surface area contributed by atoms with Crippen LogP contribution in [0.3, 0.4) is 0 Å². The van der Waals surface area contributed by atoms with Crippen LogP contribution < -0.4 is 5.32 Å².